The second-order valence-corrected chi connectivity index (χ2v) is 5.65. The number of nitrogens with two attached hydrogens (primary N) is 1. The number of hydrogen-bond acceptors (Lipinski definition) is 5. The molecule has 0 aliphatic carbocycles. The van der Waals surface area contributed by atoms with Gasteiger partial charge in [-0.1, -0.05) is 6.92 Å². The summed E-state index contributed by atoms with van der Waals surface area (Å²) in [6.45, 7) is 3.89. The summed E-state index contributed by atoms with van der Waals surface area (Å²) in [6, 6.07) is 0. The minimum atomic E-state index is -0.972. The molecule has 0 spiro atoms. The third-order valence-electron chi connectivity index (χ3n) is 2.45. The van der Waals surface area contributed by atoms with E-state index in [1.165, 1.54) is 11.3 Å². The predicted octanol–water partition coefficient (Wildman–Crippen LogP) is 3.02. The maximum atomic E-state index is 11.1. The zero-order valence-electron chi connectivity index (χ0n) is 9.48. The molecule has 2 heterocycles. The van der Waals surface area contributed by atoms with Crippen molar-refractivity contribution < 1.29 is 9.90 Å². The van der Waals surface area contributed by atoms with Gasteiger partial charge >= 0.3 is 5.97 Å². The molecule has 90 valence electrons. The molecular weight excluding hydrogens is 256 g/mol. The molecule has 17 heavy (non-hydrogen) atoms. The van der Waals surface area contributed by atoms with Gasteiger partial charge in [0.2, 0.25) is 0 Å². The maximum absolute atomic E-state index is 11.1. The van der Waals surface area contributed by atoms with E-state index in [0.717, 1.165) is 21.1 Å². The molecule has 2 aromatic rings. The van der Waals surface area contributed by atoms with Gasteiger partial charge in [0.15, 0.2) is 0 Å². The number of nitrogen functional groups attached to an aromatic ring is 1. The predicted molar refractivity (Wildman–Crippen MR) is 70.9 cm³/mol. The highest BCUT2D eigenvalue weighted by Crippen LogP contribution is 2.39. The SMILES string of the molecule is CCc1c(-c2csc(C)n2)sc(C(=O)O)c1N. The van der Waals surface area contributed by atoms with Crippen molar-refractivity contribution in [2.45, 2.75) is 20.3 Å². The fourth-order valence-corrected chi connectivity index (χ4v) is 3.45. The molecule has 0 fully saturated rings. The normalized spacial score (nSPS) is 10.7. The van der Waals surface area contributed by atoms with Crippen LogP contribution >= 0.6 is 22.7 Å². The van der Waals surface area contributed by atoms with Crippen LogP contribution < -0.4 is 5.73 Å². The van der Waals surface area contributed by atoms with Crippen LogP contribution in [0.4, 0.5) is 5.69 Å². The summed E-state index contributed by atoms with van der Waals surface area (Å²) >= 11 is 2.75. The lowest BCUT2D eigenvalue weighted by Crippen LogP contribution is -1.99. The lowest BCUT2D eigenvalue weighted by molar-refractivity contribution is 0.0703. The highest BCUT2D eigenvalue weighted by molar-refractivity contribution is 7.18. The van der Waals surface area contributed by atoms with Gasteiger partial charge in [-0.15, -0.1) is 22.7 Å². The average Bonchev–Trinajstić information content (AvgIpc) is 2.82. The zero-order valence-corrected chi connectivity index (χ0v) is 11.1. The summed E-state index contributed by atoms with van der Waals surface area (Å²) in [6.07, 6.45) is 0.710. The highest BCUT2D eigenvalue weighted by atomic mass is 32.1. The zero-order chi connectivity index (χ0) is 12.6. The third-order valence-corrected chi connectivity index (χ3v) is 4.48. The van der Waals surface area contributed by atoms with Crippen molar-refractivity contribution in [3.05, 3.63) is 20.8 Å². The lowest BCUT2D eigenvalue weighted by atomic mass is 10.1. The maximum Gasteiger partial charge on any atom is 0.348 e. The monoisotopic (exact) mass is 268 g/mol. The molecule has 4 nitrogen and oxygen atoms in total. The molecule has 0 saturated carbocycles. The molecule has 3 N–H and O–H groups in total. The first kappa shape index (κ1) is 12.1. The van der Waals surface area contributed by atoms with E-state index in [2.05, 4.69) is 4.98 Å². The number of carbonyl (C=O) groups is 1. The lowest BCUT2D eigenvalue weighted by Gasteiger charge is -1.98. The summed E-state index contributed by atoms with van der Waals surface area (Å²) in [5.41, 5.74) is 7.96. The molecule has 2 aromatic heterocycles. The Morgan fingerprint density at radius 3 is 2.76 bits per heavy atom. The second-order valence-electron chi connectivity index (χ2n) is 3.56. The Bertz CT molecular complexity index is 572. The summed E-state index contributed by atoms with van der Waals surface area (Å²) in [5, 5.41) is 12.0. The molecule has 0 atom stereocenters. The van der Waals surface area contributed by atoms with Crippen LogP contribution in [0.3, 0.4) is 0 Å². The van der Waals surface area contributed by atoms with E-state index in [1.54, 1.807) is 11.3 Å². The van der Waals surface area contributed by atoms with Gasteiger partial charge in [0, 0.05) is 5.38 Å². The Kier molecular flexibility index (Phi) is 3.17. The number of aryl methyl sites for hydroxylation is 1. The molecule has 0 unspecified atom stereocenters. The van der Waals surface area contributed by atoms with Gasteiger partial charge in [0.1, 0.15) is 4.88 Å². The Morgan fingerprint density at radius 1 is 1.59 bits per heavy atom. The second kappa shape index (κ2) is 4.46. The van der Waals surface area contributed by atoms with Crippen LogP contribution in [0.15, 0.2) is 5.38 Å². The Morgan fingerprint density at radius 2 is 2.29 bits per heavy atom. The van der Waals surface area contributed by atoms with Crippen molar-refractivity contribution in [1.29, 1.82) is 0 Å². The minimum Gasteiger partial charge on any atom is -0.477 e. The highest BCUT2D eigenvalue weighted by Gasteiger charge is 2.21. The average molecular weight is 268 g/mol. The Hall–Kier alpha value is -1.40. The van der Waals surface area contributed by atoms with Crippen molar-refractivity contribution in [2.75, 3.05) is 5.73 Å². The van der Waals surface area contributed by atoms with Crippen LogP contribution in [0.1, 0.15) is 27.2 Å². The van der Waals surface area contributed by atoms with Gasteiger partial charge in [-0.25, -0.2) is 9.78 Å². The molecule has 0 aliphatic heterocycles. The molecule has 6 heteroatoms. The van der Waals surface area contributed by atoms with E-state index in [1.807, 2.05) is 19.2 Å². The molecule has 2 rings (SSSR count). The van der Waals surface area contributed by atoms with Crippen LogP contribution in [0.2, 0.25) is 0 Å². The van der Waals surface area contributed by atoms with E-state index in [-0.39, 0.29) is 4.88 Å². The van der Waals surface area contributed by atoms with E-state index in [4.69, 9.17) is 10.8 Å². The number of carboxylic acids is 1. The molecule has 0 radical (unpaired) electrons. The van der Waals surface area contributed by atoms with E-state index in [9.17, 15) is 4.79 Å². The number of rotatable bonds is 3. The van der Waals surface area contributed by atoms with Crippen LogP contribution in [0, 0.1) is 6.92 Å². The first-order valence-corrected chi connectivity index (χ1v) is 6.81. The van der Waals surface area contributed by atoms with Crippen LogP contribution in [-0.2, 0) is 6.42 Å². The molecule has 0 aromatic carbocycles. The largest absolute Gasteiger partial charge is 0.477 e. The van der Waals surface area contributed by atoms with Gasteiger partial charge in [0.25, 0.3) is 0 Å². The van der Waals surface area contributed by atoms with Gasteiger partial charge in [-0.05, 0) is 18.9 Å². The van der Waals surface area contributed by atoms with Crippen molar-refractivity contribution in [1.82, 2.24) is 4.98 Å². The van der Waals surface area contributed by atoms with Gasteiger partial charge in [0.05, 0.1) is 21.3 Å². The van der Waals surface area contributed by atoms with Gasteiger partial charge in [-0.3, -0.25) is 0 Å². The third kappa shape index (κ3) is 2.05. The van der Waals surface area contributed by atoms with Crippen molar-refractivity contribution in [2.24, 2.45) is 0 Å². The summed E-state index contributed by atoms with van der Waals surface area (Å²) in [4.78, 5) is 16.5. The summed E-state index contributed by atoms with van der Waals surface area (Å²) in [7, 11) is 0. The first-order valence-electron chi connectivity index (χ1n) is 5.11. The van der Waals surface area contributed by atoms with Crippen molar-refractivity contribution in [3.8, 4) is 10.6 Å². The quantitative estimate of drug-likeness (QED) is 0.897. The summed E-state index contributed by atoms with van der Waals surface area (Å²) in [5.74, 6) is -0.972. The summed E-state index contributed by atoms with van der Waals surface area (Å²) < 4.78 is 0. The number of anilines is 1. The smallest absolute Gasteiger partial charge is 0.348 e. The van der Waals surface area contributed by atoms with Gasteiger partial charge < -0.3 is 10.8 Å². The standard InChI is InChI=1S/C11H12N2O2S2/c1-3-6-8(12)10(11(14)15)17-9(6)7-4-16-5(2)13-7/h4H,3,12H2,1-2H3,(H,14,15). The molecule has 0 amide bonds. The van der Waals surface area contributed by atoms with Gasteiger partial charge in [-0.2, -0.15) is 0 Å². The van der Waals surface area contributed by atoms with Crippen LogP contribution in [-0.4, -0.2) is 16.1 Å². The number of aromatic carboxylic acids is 1. The number of hydrogen-bond donors (Lipinski definition) is 2. The number of carboxylic acid groups (broad SMARTS) is 1. The number of thiazole rings is 1. The fourth-order valence-electron chi connectivity index (χ4n) is 1.66. The Balaban J connectivity index is 2.61. The van der Waals surface area contributed by atoms with Crippen LogP contribution in [0.5, 0.6) is 0 Å². The van der Waals surface area contributed by atoms with Crippen molar-refractivity contribution >= 4 is 34.3 Å². The molecular formula is C11H12N2O2S2. The first-order chi connectivity index (χ1) is 8.04. The molecule has 0 aliphatic rings. The molecule has 0 bridgehead atoms. The minimum absolute atomic E-state index is 0.211. The number of nitrogens with zero attached hydrogens (tertiary/aromatic N) is 1. The molecule has 0 saturated heterocycles. The van der Waals surface area contributed by atoms with Crippen LogP contribution in [0.25, 0.3) is 10.6 Å². The number of thiophene rings is 1. The van der Waals surface area contributed by atoms with E-state index in [0.29, 0.717) is 12.1 Å². The number of aromatic nitrogens is 1. The topological polar surface area (TPSA) is 76.2 Å². The fraction of sp³-hybridized carbons (Fsp3) is 0.273. The van der Waals surface area contributed by atoms with E-state index < -0.39 is 5.97 Å². The van der Waals surface area contributed by atoms with E-state index >= 15 is 0 Å². The van der Waals surface area contributed by atoms with Crippen molar-refractivity contribution in [3.63, 3.8) is 0 Å². The Labute approximate surface area is 107 Å².